The van der Waals surface area contributed by atoms with E-state index in [4.69, 9.17) is 31.3 Å². The molecule has 0 saturated heterocycles. The molecule has 3 atom stereocenters. The molecule has 2 heterocycles. The Morgan fingerprint density at radius 2 is 1.87 bits per heavy atom. The van der Waals surface area contributed by atoms with Crippen molar-refractivity contribution < 1.29 is 61.5 Å². The molecule has 0 fully saturated rings. The maximum atomic E-state index is 15.5. The number of nitrogens with one attached hydrogen (secondary N) is 1. The van der Waals surface area contributed by atoms with E-state index >= 15 is 4.39 Å². The first kappa shape index (κ1) is 44.3. The van der Waals surface area contributed by atoms with Gasteiger partial charge in [0.1, 0.15) is 37.9 Å². The van der Waals surface area contributed by atoms with Gasteiger partial charge in [0.15, 0.2) is 11.9 Å². The average molecular weight is 915 g/mol. The smallest absolute Gasteiger partial charge is 0.411 e. The number of quaternary nitrogens is 1. The average Bonchev–Trinajstić information content (AvgIpc) is 3.79. The number of nitriles is 1. The van der Waals surface area contributed by atoms with Gasteiger partial charge in [-0.15, -0.1) is 28.3 Å². The molecule has 54 heavy (non-hydrogen) atoms. The summed E-state index contributed by atoms with van der Waals surface area (Å²) in [5, 5.41) is 31.3. The quantitative estimate of drug-likeness (QED) is 0.111. The molecule has 0 aliphatic carbocycles. The fraction of sp³-hybridized carbons (Fsp3) is 0.278. The maximum absolute atomic E-state index is 15.5. The third kappa shape index (κ3) is 11.0. The van der Waals surface area contributed by atoms with Crippen molar-refractivity contribution in [1.29, 1.82) is 5.26 Å². The van der Waals surface area contributed by atoms with E-state index in [9.17, 15) is 19.1 Å². The second-order valence-electron chi connectivity index (χ2n) is 12.4. The Bertz CT molecular complexity index is 2040. The Morgan fingerprint density at radius 1 is 1.13 bits per heavy atom. The highest BCUT2D eigenvalue weighted by Crippen LogP contribution is 2.42. The van der Waals surface area contributed by atoms with Crippen molar-refractivity contribution in [3.63, 3.8) is 0 Å². The minimum absolute atomic E-state index is 0. The molecule has 1 amide bonds. The standard InChI is InChI=1S/C36H34ClF2N7O5S.ClH.HI/c1-23(34-43-32(19-52-34)25-6-4-24(16-40)5-7-25)36(49,29-15-28(38)9-10-30(29)39)20-46(22-41-21-42-46)12-13-50-35(48)44-31-11-8-27(37)14-26(31)18-51-33(47)17-45(2)3;;/h4-11,14-15,19,21-23,49H,12-13,17-18,20H2,1-3H3;2*1H/t23-,36+,46?;;/m0../s1. The summed E-state index contributed by atoms with van der Waals surface area (Å²) in [5.74, 6) is -2.94. The number of carbonyl (C=O) groups is 2. The fourth-order valence-electron chi connectivity index (χ4n) is 5.54. The van der Waals surface area contributed by atoms with Gasteiger partial charge in [-0.25, -0.2) is 18.6 Å². The van der Waals surface area contributed by atoms with Gasteiger partial charge >= 0.3 is 12.1 Å². The molecule has 1 aliphatic rings. The molecule has 2 N–H and O–H groups in total. The van der Waals surface area contributed by atoms with Gasteiger partial charge < -0.3 is 38.6 Å². The second-order valence-corrected chi connectivity index (χ2v) is 13.7. The number of aliphatic hydroxyl groups is 1. The number of esters is 1. The van der Waals surface area contributed by atoms with Crippen molar-refractivity contribution in [3.8, 4) is 17.3 Å². The first-order chi connectivity index (χ1) is 24.8. The van der Waals surface area contributed by atoms with E-state index in [-0.39, 0.29) is 74.8 Å². The van der Waals surface area contributed by atoms with Gasteiger partial charge in [0, 0.05) is 33.0 Å². The number of ether oxygens (including phenoxy) is 2. The summed E-state index contributed by atoms with van der Waals surface area (Å²) in [6.45, 7) is 0.987. The van der Waals surface area contributed by atoms with Gasteiger partial charge in [0.25, 0.3) is 0 Å². The van der Waals surface area contributed by atoms with Crippen LogP contribution < -0.4 is 29.3 Å². The lowest BCUT2D eigenvalue weighted by Crippen LogP contribution is -3.00. The second kappa shape index (κ2) is 19.5. The van der Waals surface area contributed by atoms with Crippen LogP contribution in [0.25, 0.3) is 11.3 Å². The van der Waals surface area contributed by atoms with Crippen LogP contribution in [0, 0.1) is 23.0 Å². The monoisotopic (exact) mass is 913 g/mol. The number of aliphatic imine (C=N–C) groups is 1. The lowest BCUT2D eigenvalue weighted by Gasteiger charge is -2.38. The molecule has 1 aromatic heterocycles. The zero-order chi connectivity index (χ0) is 37.5. The molecule has 0 bridgehead atoms. The zero-order valence-electron chi connectivity index (χ0n) is 29.2. The molecule has 3 aromatic carbocycles. The van der Waals surface area contributed by atoms with Crippen LogP contribution in [0.15, 0.2) is 76.1 Å². The number of aromatic nitrogens is 1. The lowest BCUT2D eigenvalue weighted by atomic mass is 9.81. The van der Waals surface area contributed by atoms with Crippen molar-refractivity contribution in [2.75, 3.05) is 45.7 Å². The van der Waals surface area contributed by atoms with Crippen LogP contribution in [0.4, 0.5) is 19.3 Å². The molecule has 1 aliphatic heterocycles. The number of rotatable bonds is 14. The van der Waals surface area contributed by atoms with E-state index in [2.05, 4.69) is 21.5 Å². The maximum Gasteiger partial charge on any atom is 0.411 e. The minimum Gasteiger partial charge on any atom is -1.00 e. The Balaban J connectivity index is 0.00000392. The highest BCUT2D eigenvalue weighted by molar-refractivity contribution is 7.10. The van der Waals surface area contributed by atoms with Crippen LogP contribution in [0.1, 0.15) is 34.5 Å². The van der Waals surface area contributed by atoms with Gasteiger partial charge in [-0.3, -0.25) is 15.0 Å². The van der Waals surface area contributed by atoms with Crippen molar-refractivity contribution >= 4 is 65.8 Å². The van der Waals surface area contributed by atoms with Crippen molar-refractivity contribution in [3.05, 3.63) is 104 Å². The number of benzene rings is 3. The SMILES string of the molecule is C[C@@H](c1nc(-c2ccc(C#N)cc2)cs1)[C@](O)(C[N+]1(CCOC(=O)Nc2ccc(Cl)cc2COC(=O)CN(C)C)C=NC=N1)c1cc(F)ccc1F.Cl.[I-]. The molecule has 18 heteroatoms. The van der Waals surface area contributed by atoms with E-state index in [1.165, 1.54) is 24.0 Å². The number of thiazole rings is 1. The van der Waals surface area contributed by atoms with E-state index in [1.54, 1.807) is 73.8 Å². The summed E-state index contributed by atoms with van der Waals surface area (Å²) in [6, 6.07) is 16.4. The van der Waals surface area contributed by atoms with Gasteiger partial charge in [-0.1, -0.05) is 35.8 Å². The Kier molecular flexibility index (Phi) is 16.0. The number of nitrogens with zero attached hydrogens (tertiary/aromatic N) is 6. The van der Waals surface area contributed by atoms with Crippen molar-refractivity contribution in [2.24, 2.45) is 10.1 Å². The number of anilines is 1. The molecule has 12 nitrogen and oxygen atoms in total. The number of hydrogen-bond acceptors (Lipinski definition) is 11. The van der Waals surface area contributed by atoms with Gasteiger partial charge in [-0.05, 0) is 62.6 Å². The van der Waals surface area contributed by atoms with Crippen LogP contribution in [-0.4, -0.2) is 84.7 Å². The molecular weight excluding hydrogens is 878 g/mol. The van der Waals surface area contributed by atoms with E-state index in [0.29, 0.717) is 32.5 Å². The molecule has 4 aromatic rings. The van der Waals surface area contributed by atoms with Crippen LogP contribution in [0.2, 0.25) is 5.02 Å². The summed E-state index contributed by atoms with van der Waals surface area (Å²) in [5.41, 5.74) is 0.161. The van der Waals surface area contributed by atoms with E-state index in [0.717, 1.165) is 23.8 Å². The zero-order valence-corrected chi connectivity index (χ0v) is 33.8. The van der Waals surface area contributed by atoms with Gasteiger partial charge in [0.05, 0.1) is 34.6 Å². The van der Waals surface area contributed by atoms with Crippen LogP contribution in [0.5, 0.6) is 0 Å². The highest BCUT2D eigenvalue weighted by atomic mass is 127. The Hall–Kier alpha value is -4.09. The largest absolute Gasteiger partial charge is 1.00 e. The molecule has 1 unspecified atom stereocenters. The first-order valence-electron chi connectivity index (χ1n) is 15.9. The summed E-state index contributed by atoms with van der Waals surface area (Å²) < 4.78 is 40.5. The van der Waals surface area contributed by atoms with Crippen molar-refractivity contribution in [2.45, 2.75) is 25.0 Å². The lowest BCUT2D eigenvalue weighted by molar-refractivity contribution is -0.848. The highest BCUT2D eigenvalue weighted by Gasteiger charge is 2.49. The topological polar surface area (TPSA) is 150 Å². The van der Waals surface area contributed by atoms with Gasteiger partial charge in [-0.2, -0.15) is 10.3 Å². The summed E-state index contributed by atoms with van der Waals surface area (Å²) in [4.78, 5) is 35.5. The van der Waals surface area contributed by atoms with Crippen LogP contribution in [-0.2, 0) is 26.5 Å². The molecule has 0 saturated carbocycles. The van der Waals surface area contributed by atoms with E-state index < -0.39 is 39.8 Å². The fourth-order valence-corrected chi connectivity index (χ4v) is 6.71. The molecule has 0 spiro atoms. The number of carbonyl (C=O) groups excluding carboxylic acids is 2. The number of hydrogen-bond donors (Lipinski definition) is 2. The number of amides is 1. The molecule has 286 valence electrons. The Morgan fingerprint density at radius 3 is 2.54 bits per heavy atom. The van der Waals surface area contributed by atoms with Gasteiger partial charge in [0.2, 0.25) is 6.34 Å². The third-order valence-corrected chi connectivity index (χ3v) is 9.57. The summed E-state index contributed by atoms with van der Waals surface area (Å²) >= 11 is 7.38. The van der Waals surface area contributed by atoms with Crippen molar-refractivity contribution in [1.82, 2.24) is 9.88 Å². The van der Waals surface area contributed by atoms with Crippen LogP contribution in [0.3, 0.4) is 0 Å². The van der Waals surface area contributed by atoms with E-state index in [1.807, 2.05) is 0 Å². The molecular formula is C36H36Cl2F2IN7O5S. The minimum atomic E-state index is -2.09. The number of likely N-dealkylation sites (N-methyl/N-ethyl adjacent to an activating group) is 1. The number of halogens is 5. The Labute approximate surface area is 343 Å². The molecule has 0 radical (unpaired) electrons. The predicted molar refractivity (Wildman–Crippen MR) is 200 cm³/mol. The third-order valence-electron chi connectivity index (χ3n) is 8.31. The summed E-state index contributed by atoms with van der Waals surface area (Å²) in [6.07, 6.45) is 1.84. The predicted octanol–water partition coefficient (Wildman–Crippen LogP) is 3.69. The first-order valence-corrected chi connectivity index (χ1v) is 17.2. The normalized spacial score (nSPS) is 16.1. The van der Waals surface area contributed by atoms with Crippen LogP contribution >= 0.6 is 35.3 Å². The summed E-state index contributed by atoms with van der Waals surface area (Å²) in [7, 11) is 3.46. The molecule has 5 rings (SSSR count).